The van der Waals surface area contributed by atoms with Gasteiger partial charge in [-0.15, -0.1) is 0 Å². The van der Waals surface area contributed by atoms with Crippen molar-refractivity contribution in [2.75, 3.05) is 0 Å². The number of allylic oxidation sites excluding steroid dienone is 2. The number of para-hydroxylation sites is 1. The maximum Gasteiger partial charge on any atom is 0.123 e. The molecule has 76 valence electrons. The largest absolute Gasteiger partial charge is 0.507 e. The fourth-order valence-electron chi connectivity index (χ4n) is 1.64. The van der Waals surface area contributed by atoms with E-state index in [0.29, 0.717) is 0 Å². The Bertz CT molecular complexity index is 457. The smallest absolute Gasteiger partial charge is 0.123 e. The van der Waals surface area contributed by atoms with Crippen molar-refractivity contribution in [1.29, 1.82) is 0 Å². The van der Waals surface area contributed by atoms with Crippen molar-refractivity contribution in [2.45, 2.75) is 6.04 Å². The van der Waals surface area contributed by atoms with Crippen LogP contribution in [0, 0.1) is 0 Å². The minimum Gasteiger partial charge on any atom is -0.507 e. The van der Waals surface area contributed by atoms with E-state index < -0.39 is 0 Å². The van der Waals surface area contributed by atoms with Crippen LogP contribution in [-0.4, -0.2) is 11.1 Å². The molecule has 3 N–H and O–H groups in total. The lowest BCUT2D eigenvalue weighted by molar-refractivity contribution is 0.473. The van der Waals surface area contributed by atoms with Gasteiger partial charge in [0.1, 0.15) is 5.75 Å². The van der Waals surface area contributed by atoms with Gasteiger partial charge in [-0.1, -0.05) is 43.0 Å². The fraction of sp³-hybridized carbons (Fsp3) is 0.0769. The maximum atomic E-state index is 9.72. The number of benzene rings is 1. The first kappa shape index (κ1) is 9.74. The van der Waals surface area contributed by atoms with Gasteiger partial charge in [-0.3, -0.25) is 0 Å². The number of phenolic OH excluding ortho intramolecular Hbond substituents is 1. The lowest BCUT2D eigenvalue weighted by atomic mass is 9.90. The van der Waals surface area contributed by atoms with Crippen molar-refractivity contribution in [1.82, 2.24) is 0 Å². The van der Waals surface area contributed by atoms with E-state index in [1.54, 1.807) is 12.1 Å². The van der Waals surface area contributed by atoms with Gasteiger partial charge in [0.25, 0.3) is 0 Å². The van der Waals surface area contributed by atoms with E-state index in [4.69, 9.17) is 5.73 Å². The van der Waals surface area contributed by atoms with Gasteiger partial charge in [0.05, 0.1) is 0 Å². The van der Waals surface area contributed by atoms with Gasteiger partial charge >= 0.3 is 0 Å². The number of rotatable bonds is 1. The standard InChI is InChI=1S/C13H13NO/c1-9-10(6-4-7-12(9)14)11-5-2-3-8-13(11)15/h2-8,12,15H,1,14H2. The van der Waals surface area contributed by atoms with Crippen molar-refractivity contribution in [3.8, 4) is 5.75 Å². The first-order valence-electron chi connectivity index (χ1n) is 4.82. The molecule has 0 radical (unpaired) electrons. The highest BCUT2D eigenvalue weighted by atomic mass is 16.3. The van der Waals surface area contributed by atoms with Gasteiger partial charge in [-0.25, -0.2) is 0 Å². The first-order valence-corrected chi connectivity index (χ1v) is 4.82. The monoisotopic (exact) mass is 199 g/mol. The molecular weight excluding hydrogens is 186 g/mol. The Morgan fingerprint density at radius 1 is 1.27 bits per heavy atom. The van der Waals surface area contributed by atoms with Gasteiger partial charge in [0.15, 0.2) is 0 Å². The van der Waals surface area contributed by atoms with Crippen molar-refractivity contribution < 1.29 is 5.11 Å². The Morgan fingerprint density at radius 2 is 2.00 bits per heavy atom. The molecule has 0 bridgehead atoms. The second kappa shape index (κ2) is 3.75. The summed E-state index contributed by atoms with van der Waals surface area (Å²) in [5.74, 6) is 0.257. The highest BCUT2D eigenvalue weighted by Gasteiger charge is 2.15. The van der Waals surface area contributed by atoms with Gasteiger partial charge in [0, 0.05) is 11.6 Å². The molecule has 15 heavy (non-hydrogen) atoms. The molecule has 1 atom stereocenters. The van der Waals surface area contributed by atoms with Crippen molar-refractivity contribution in [2.24, 2.45) is 5.73 Å². The van der Waals surface area contributed by atoms with Crippen LogP contribution < -0.4 is 5.73 Å². The summed E-state index contributed by atoms with van der Waals surface area (Å²) in [4.78, 5) is 0. The summed E-state index contributed by atoms with van der Waals surface area (Å²) in [5, 5.41) is 9.72. The molecule has 1 aliphatic carbocycles. The molecule has 1 aromatic carbocycles. The Kier molecular flexibility index (Phi) is 2.44. The molecule has 2 heteroatoms. The third-order valence-corrected chi connectivity index (χ3v) is 2.52. The van der Waals surface area contributed by atoms with Gasteiger partial charge < -0.3 is 10.8 Å². The number of hydrogen-bond donors (Lipinski definition) is 2. The Morgan fingerprint density at radius 3 is 2.73 bits per heavy atom. The molecule has 1 aliphatic rings. The zero-order valence-corrected chi connectivity index (χ0v) is 8.35. The van der Waals surface area contributed by atoms with Crippen LogP contribution in [0.3, 0.4) is 0 Å². The molecule has 0 amide bonds. The third-order valence-electron chi connectivity index (χ3n) is 2.52. The van der Waals surface area contributed by atoms with Crippen LogP contribution in [0.4, 0.5) is 0 Å². The highest BCUT2D eigenvalue weighted by Crippen LogP contribution is 2.32. The zero-order chi connectivity index (χ0) is 10.8. The van der Waals surface area contributed by atoms with Gasteiger partial charge in [-0.2, -0.15) is 0 Å². The lowest BCUT2D eigenvalue weighted by Gasteiger charge is -2.18. The van der Waals surface area contributed by atoms with Crippen LogP contribution in [0.5, 0.6) is 5.75 Å². The van der Waals surface area contributed by atoms with Crippen LogP contribution in [0.15, 0.2) is 54.6 Å². The van der Waals surface area contributed by atoms with Crippen LogP contribution in [0.25, 0.3) is 5.57 Å². The van der Waals surface area contributed by atoms with E-state index in [1.165, 1.54) is 0 Å². The molecule has 0 heterocycles. The summed E-state index contributed by atoms with van der Waals surface area (Å²) in [7, 11) is 0. The summed E-state index contributed by atoms with van der Waals surface area (Å²) >= 11 is 0. The van der Waals surface area contributed by atoms with Crippen molar-refractivity contribution >= 4 is 5.57 Å². The quantitative estimate of drug-likeness (QED) is 0.728. The summed E-state index contributed by atoms with van der Waals surface area (Å²) in [6, 6.07) is 7.03. The normalized spacial score (nSPS) is 20.2. The molecular formula is C13H13NO. The third kappa shape index (κ3) is 1.72. The van der Waals surface area contributed by atoms with E-state index in [1.807, 2.05) is 30.4 Å². The summed E-state index contributed by atoms with van der Waals surface area (Å²) < 4.78 is 0. The lowest BCUT2D eigenvalue weighted by Crippen LogP contribution is -2.21. The second-order valence-corrected chi connectivity index (χ2v) is 3.53. The average Bonchev–Trinajstić information content (AvgIpc) is 2.23. The summed E-state index contributed by atoms with van der Waals surface area (Å²) in [6.07, 6.45) is 5.69. The molecule has 2 nitrogen and oxygen atoms in total. The minimum atomic E-state index is -0.162. The zero-order valence-electron chi connectivity index (χ0n) is 8.35. The van der Waals surface area contributed by atoms with E-state index >= 15 is 0 Å². The van der Waals surface area contributed by atoms with Gasteiger partial charge in [0.2, 0.25) is 0 Å². The van der Waals surface area contributed by atoms with Crippen molar-refractivity contribution in [3.63, 3.8) is 0 Å². The first-order chi connectivity index (χ1) is 7.20. The van der Waals surface area contributed by atoms with E-state index in [9.17, 15) is 5.11 Å². The Hall–Kier alpha value is -1.80. The molecule has 1 aromatic rings. The number of phenols is 1. The number of hydrogen-bond acceptors (Lipinski definition) is 2. The molecule has 0 saturated heterocycles. The summed E-state index contributed by atoms with van der Waals surface area (Å²) in [6.45, 7) is 3.94. The van der Waals surface area contributed by atoms with Crippen LogP contribution in [0.1, 0.15) is 5.56 Å². The molecule has 0 fully saturated rings. The van der Waals surface area contributed by atoms with Gasteiger partial charge in [-0.05, 0) is 17.2 Å². The van der Waals surface area contributed by atoms with E-state index in [2.05, 4.69) is 6.58 Å². The minimum absolute atomic E-state index is 0.162. The second-order valence-electron chi connectivity index (χ2n) is 3.53. The van der Waals surface area contributed by atoms with E-state index in [-0.39, 0.29) is 11.8 Å². The van der Waals surface area contributed by atoms with Crippen LogP contribution >= 0.6 is 0 Å². The predicted octanol–water partition coefficient (Wildman–Crippen LogP) is 2.23. The topological polar surface area (TPSA) is 46.2 Å². The Labute approximate surface area is 89.0 Å². The molecule has 2 rings (SSSR count). The summed E-state index contributed by atoms with van der Waals surface area (Å²) in [5.41, 5.74) is 8.37. The predicted molar refractivity (Wildman–Crippen MR) is 62.3 cm³/mol. The maximum absolute atomic E-state index is 9.72. The molecule has 0 aromatic heterocycles. The fourth-order valence-corrected chi connectivity index (χ4v) is 1.64. The van der Waals surface area contributed by atoms with Crippen LogP contribution in [-0.2, 0) is 0 Å². The van der Waals surface area contributed by atoms with Crippen LogP contribution in [0.2, 0.25) is 0 Å². The Balaban J connectivity index is 2.48. The average molecular weight is 199 g/mol. The van der Waals surface area contributed by atoms with E-state index in [0.717, 1.165) is 16.7 Å². The number of nitrogens with two attached hydrogens (primary N) is 1. The van der Waals surface area contributed by atoms with Crippen molar-refractivity contribution in [3.05, 3.63) is 60.2 Å². The highest BCUT2D eigenvalue weighted by molar-refractivity contribution is 5.84. The molecule has 0 spiro atoms. The molecule has 0 saturated carbocycles. The molecule has 0 aliphatic heterocycles. The number of aromatic hydroxyl groups is 1. The SMILES string of the molecule is C=C1C(c2ccccc2O)=CC=CC1N. The molecule has 1 unspecified atom stereocenters.